The van der Waals surface area contributed by atoms with Gasteiger partial charge >= 0.3 is 12.0 Å². The van der Waals surface area contributed by atoms with Crippen LogP contribution in [0.5, 0.6) is 11.5 Å². The van der Waals surface area contributed by atoms with Crippen LogP contribution in [0, 0.1) is 6.92 Å². The van der Waals surface area contributed by atoms with Gasteiger partial charge in [-0.3, -0.25) is 4.79 Å². The Labute approximate surface area is 174 Å². The molecular formula is C21H23ClN2O5. The number of nitrogens with one attached hydrogen (secondary N) is 1. The molecule has 7 nitrogen and oxygen atoms in total. The Morgan fingerprint density at radius 3 is 2.55 bits per heavy atom. The molecular weight excluding hydrogens is 396 g/mol. The summed E-state index contributed by atoms with van der Waals surface area (Å²) in [5.41, 5.74) is 3.14. The number of carbonyl (C=O) groups excluding carboxylic acids is 1. The molecule has 29 heavy (non-hydrogen) atoms. The van der Waals surface area contributed by atoms with E-state index in [0.717, 1.165) is 16.7 Å². The lowest BCUT2D eigenvalue weighted by Gasteiger charge is -2.37. The molecule has 0 fully saturated rings. The maximum absolute atomic E-state index is 13.0. The van der Waals surface area contributed by atoms with Crippen LogP contribution in [-0.2, 0) is 11.2 Å². The molecule has 2 aromatic carbocycles. The van der Waals surface area contributed by atoms with Gasteiger partial charge in [0, 0.05) is 17.3 Å². The number of aryl methyl sites for hydroxylation is 1. The summed E-state index contributed by atoms with van der Waals surface area (Å²) < 4.78 is 10.7. The van der Waals surface area contributed by atoms with Gasteiger partial charge in [0.1, 0.15) is 0 Å². The van der Waals surface area contributed by atoms with Crippen molar-refractivity contribution in [2.24, 2.45) is 0 Å². The first kappa shape index (κ1) is 20.8. The van der Waals surface area contributed by atoms with Crippen molar-refractivity contribution in [2.45, 2.75) is 25.8 Å². The Morgan fingerprint density at radius 1 is 1.21 bits per heavy atom. The molecule has 1 aliphatic rings. The average molecular weight is 419 g/mol. The summed E-state index contributed by atoms with van der Waals surface area (Å²) in [5.74, 6) is 0.0803. The van der Waals surface area contributed by atoms with Crippen molar-refractivity contribution in [3.63, 3.8) is 0 Å². The van der Waals surface area contributed by atoms with Gasteiger partial charge in [0.15, 0.2) is 11.5 Å². The van der Waals surface area contributed by atoms with Crippen LogP contribution < -0.4 is 14.8 Å². The minimum atomic E-state index is -0.991. The van der Waals surface area contributed by atoms with Crippen LogP contribution in [0.25, 0.3) is 0 Å². The largest absolute Gasteiger partial charge is 0.493 e. The molecule has 2 aromatic rings. The van der Waals surface area contributed by atoms with E-state index in [9.17, 15) is 14.7 Å². The van der Waals surface area contributed by atoms with Crippen molar-refractivity contribution < 1.29 is 24.2 Å². The van der Waals surface area contributed by atoms with E-state index < -0.39 is 12.0 Å². The number of benzene rings is 2. The lowest BCUT2D eigenvalue weighted by molar-refractivity contribution is -0.138. The number of carbonyl (C=O) groups is 2. The molecule has 1 heterocycles. The van der Waals surface area contributed by atoms with E-state index in [0.29, 0.717) is 35.2 Å². The highest BCUT2D eigenvalue weighted by Crippen LogP contribution is 2.39. The van der Waals surface area contributed by atoms with Crippen molar-refractivity contribution in [1.82, 2.24) is 4.90 Å². The zero-order chi connectivity index (χ0) is 21.1. The molecule has 1 atom stereocenters. The van der Waals surface area contributed by atoms with Gasteiger partial charge in [-0.25, -0.2) is 4.79 Å². The van der Waals surface area contributed by atoms with Crippen LogP contribution in [0.1, 0.15) is 29.2 Å². The van der Waals surface area contributed by atoms with Crippen molar-refractivity contribution >= 4 is 29.3 Å². The summed E-state index contributed by atoms with van der Waals surface area (Å²) in [6.07, 6.45) is 0.359. The second kappa shape index (κ2) is 8.61. The summed E-state index contributed by atoms with van der Waals surface area (Å²) >= 11 is 6.04. The van der Waals surface area contributed by atoms with Gasteiger partial charge in [0.05, 0.1) is 26.7 Å². The maximum atomic E-state index is 13.0. The summed E-state index contributed by atoms with van der Waals surface area (Å²) in [4.78, 5) is 26.1. The summed E-state index contributed by atoms with van der Waals surface area (Å²) in [7, 11) is 3.07. The molecule has 2 N–H and O–H groups in total. The third-order valence-electron chi connectivity index (χ3n) is 5.07. The normalized spacial score (nSPS) is 15.4. The fraction of sp³-hybridized carbons (Fsp3) is 0.333. The van der Waals surface area contributed by atoms with Crippen LogP contribution in [0.15, 0.2) is 30.3 Å². The molecule has 1 aliphatic heterocycles. The van der Waals surface area contributed by atoms with Gasteiger partial charge < -0.3 is 24.8 Å². The number of ether oxygens (including phenoxy) is 2. The average Bonchev–Trinajstić information content (AvgIpc) is 2.69. The standard InChI is InChI=1S/C21H23ClN2O5/c1-12-4-5-14(22)9-16(12)23-21(27)24-7-6-13-8-18(28-2)19(29-3)10-15(13)17(24)11-20(25)26/h4-5,8-10,17H,6-7,11H2,1-3H3,(H,23,27)(H,25,26)/t17-/m1/s1. The van der Waals surface area contributed by atoms with E-state index in [1.807, 2.05) is 19.1 Å². The summed E-state index contributed by atoms with van der Waals surface area (Å²) in [6, 6.07) is 7.83. The van der Waals surface area contributed by atoms with Gasteiger partial charge in [-0.2, -0.15) is 0 Å². The Morgan fingerprint density at radius 2 is 1.90 bits per heavy atom. The molecule has 0 saturated carbocycles. The molecule has 0 unspecified atom stereocenters. The second-order valence-corrected chi connectivity index (χ2v) is 7.29. The first-order valence-electron chi connectivity index (χ1n) is 9.14. The number of methoxy groups -OCH3 is 2. The quantitative estimate of drug-likeness (QED) is 0.756. The van der Waals surface area contributed by atoms with Gasteiger partial charge in [0.25, 0.3) is 0 Å². The molecule has 2 amide bonds. The predicted octanol–water partition coefficient (Wildman–Crippen LogP) is 4.27. The number of carboxylic acid groups (broad SMARTS) is 1. The number of rotatable bonds is 5. The van der Waals surface area contributed by atoms with E-state index in [4.69, 9.17) is 21.1 Å². The molecule has 0 radical (unpaired) electrons. The second-order valence-electron chi connectivity index (χ2n) is 6.85. The SMILES string of the molecule is COc1cc2c(cc1OC)[C@@H](CC(=O)O)N(C(=O)Nc1cc(Cl)ccc1C)CC2. The van der Waals surface area contributed by atoms with Crippen LogP contribution in [0.2, 0.25) is 5.02 Å². The monoisotopic (exact) mass is 418 g/mol. The zero-order valence-corrected chi connectivity index (χ0v) is 17.2. The zero-order valence-electron chi connectivity index (χ0n) is 16.5. The molecule has 8 heteroatoms. The fourth-order valence-electron chi connectivity index (χ4n) is 3.57. The third-order valence-corrected chi connectivity index (χ3v) is 5.31. The smallest absolute Gasteiger partial charge is 0.322 e. The number of carboxylic acids is 1. The number of urea groups is 1. The number of halogens is 1. The number of anilines is 1. The van der Waals surface area contributed by atoms with Gasteiger partial charge in [-0.15, -0.1) is 0 Å². The number of hydrogen-bond acceptors (Lipinski definition) is 4. The first-order valence-corrected chi connectivity index (χ1v) is 9.52. The Bertz CT molecular complexity index is 947. The highest BCUT2D eigenvalue weighted by Gasteiger charge is 2.34. The van der Waals surface area contributed by atoms with Gasteiger partial charge in [-0.05, 0) is 54.3 Å². The van der Waals surface area contributed by atoms with Crippen molar-refractivity contribution in [2.75, 3.05) is 26.1 Å². The Balaban J connectivity index is 1.96. The Hall–Kier alpha value is -2.93. The number of aliphatic carboxylic acids is 1. The van der Waals surface area contributed by atoms with Crippen LogP contribution in [0.4, 0.5) is 10.5 Å². The van der Waals surface area contributed by atoms with E-state index in [1.54, 1.807) is 30.2 Å². The van der Waals surface area contributed by atoms with Crippen molar-refractivity contribution in [3.05, 3.63) is 52.0 Å². The lowest BCUT2D eigenvalue weighted by atomic mass is 9.90. The van der Waals surface area contributed by atoms with E-state index in [-0.39, 0.29) is 12.5 Å². The highest BCUT2D eigenvalue weighted by molar-refractivity contribution is 6.31. The molecule has 0 bridgehead atoms. The van der Waals surface area contributed by atoms with Crippen LogP contribution in [0.3, 0.4) is 0 Å². The molecule has 154 valence electrons. The summed E-state index contributed by atoms with van der Waals surface area (Å²) in [5, 5.41) is 12.8. The minimum Gasteiger partial charge on any atom is -0.493 e. The van der Waals surface area contributed by atoms with E-state index in [2.05, 4.69) is 5.32 Å². The molecule has 0 saturated heterocycles. The van der Waals surface area contributed by atoms with Crippen LogP contribution in [-0.4, -0.2) is 42.8 Å². The summed E-state index contributed by atoms with van der Waals surface area (Å²) in [6.45, 7) is 2.25. The van der Waals surface area contributed by atoms with Crippen molar-refractivity contribution in [1.29, 1.82) is 0 Å². The van der Waals surface area contributed by atoms with Crippen molar-refractivity contribution in [3.8, 4) is 11.5 Å². The fourth-order valence-corrected chi connectivity index (χ4v) is 3.74. The minimum absolute atomic E-state index is 0.218. The lowest BCUT2D eigenvalue weighted by Crippen LogP contribution is -2.43. The van der Waals surface area contributed by atoms with E-state index >= 15 is 0 Å². The van der Waals surface area contributed by atoms with E-state index in [1.165, 1.54) is 7.11 Å². The van der Waals surface area contributed by atoms with Gasteiger partial charge in [0.2, 0.25) is 0 Å². The van der Waals surface area contributed by atoms with Crippen LogP contribution >= 0.6 is 11.6 Å². The Kier molecular flexibility index (Phi) is 6.17. The highest BCUT2D eigenvalue weighted by atomic mass is 35.5. The topological polar surface area (TPSA) is 88.1 Å². The number of nitrogens with zero attached hydrogens (tertiary/aromatic N) is 1. The third kappa shape index (κ3) is 4.40. The number of hydrogen-bond donors (Lipinski definition) is 2. The molecule has 3 rings (SSSR count). The first-order chi connectivity index (χ1) is 13.8. The van der Waals surface area contributed by atoms with Gasteiger partial charge in [-0.1, -0.05) is 17.7 Å². The molecule has 0 aliphatic carbocycles. The predicted molar refractivity (Wildman–Crippen MR) is 110 cm³/mol. The number of amides is 2. The molecule has 0 aromatic heterocycles. The molecule has 0 spiro atoms. The number of fused-ring (bicyclic) bond motifs is 1. The maximum Gasteiger partial charge on any atom is 0.322 e.